The molecule has 1 atom stereocenters. The van der Waals surface area contributed by atoms with E-state index in [1.54, 1.807) is 0 Å². The number of rotatable bonds is 4. The van der Waals surface area contributed by atoms with Gasteiger partial charge in [0.1, 0.15) is 6.10 Å². The van der Waals surface area contributed by atoms with Crippen molar-refractivity contribution in [2.75, 3.05) is 19.7 Å². The van der Waals surface area contributed by atoms with Crippen molar-refractivity contribution in [2.24, 2.45) is 0 Å². The van der Waals surface area contributed by atoms with Gasteiger partial charge in [0.2, 0.25) is 0 Å². The fraction of sp³-hybridized carbons (Fsp3) is 0.533. The number of nitrogens with zero attached hydrogens (tertiary/aromatic N) is 1. The van der Waals surface area contributed by atoms with E-state index in [9.17, 15) is 4.79 Å². The van der Waals surface area contributed by atoms with Crippen molar-refractivity contribution in [1.82, 2.24) is 10.2 Å². The zero-order valence-electron chi connectivity index (χ0n) is 11.3. The van der Waals surface area contributed by atoms with Gasteiger partial charge >= 0.3 is 0 Å². The minimum absolute atomic E-state index is 0.121. The Morgan fingerprint density at radius 3 is 2.85 bits per heavy atom. The molecule has 0 aromatic heterocycles. The molecule has 5 heteroatoms. The molecule has 1 N–H and O–H groups in total. The van der Waals surface area contributed by atoms with Crippen molar-refractivity contribution in [3.05, 3.63) is 34.3 Å². The van der Waals surface area contributed by atoms with Crippen LogP contribution in [0, 0.1) is 0 Å². The van der Waals surface area contributed by atoms with Crippen molar-refractivity contribution in [1.29, 1.82) is 0 Å². The van der Waals surface area contributed by atoms with Gasteiger partial charge in [0.15, 0.2) is 0 Å². The summed E-state index contributed by atoms with van der Waals surface area (Å²) in [6.07, 6.45) is 1.89. The number of carbonyl (C=O) groups excluding carboxylic acids is 1. The molecule has 2 aliphatic rings. The van der Waals surface area contributed by atoms with Crippen LogP contribution >= 0.6 is 15.9 Å². The summed E-state index contributed by atoms with van der Waals surface area (Å²) in [7, 11) is 0. The average Bonchev–Trinajstić information content (AvgIpc) is 3.31. The van der Waals surface area contributed by atoms with Gasteiger partial charge in [0.05, 0.1) is 6.61 Å². The van der Waals surface area contributed by atoms with E-state index in [2.05, 4.69) is 27.3 Å². The third kappa shape index (κ3) is 3.22. The quantitative estimate of drug-likeness (QED) is 0.911. The van der Waals surface area contributed by atoms with E-state index in [0.29, 0.717) is 25.7 Å². The van der Waals surface area contributed by atoms with Crippen molar-refractivity contribution in [3.8, 4) is 0 Å². The second kappa shape index (κ2) is 6.24. The largest absolute Gasteiger partial charge is 0.366 e. The van der Waals surface area contributed by atoms with Gasteiger partial charge in [-0.25, -0.2) is 0 Å². The van der Waals surface area contributed by atoms with Crippen molar-refractivity contribution >= 4 is 21.8 Å². The molecule has 2 fully saturated rings. The number of hydrogen-bond acceptors (Lipinski definition) is 3. The molecule has 1 saturated heterocycles. The van der Waals surface area contributed by atoms with Crippen LogP contribution in [0.3, 0.4) is 0 Å². The van der Waals surface area contributed by atoms with Gasteiger partial charge < -0.3 is 15.0 Å². The summed E-state index contributed by atoms with van der Waals surface area (Å²) < 4.78 is 6.66. The molecule has 4 nitrogen and oxygen atoms in total. The van der Waals surface area contributed by atoms with Crippen LogP contribution in [0.2, 0.25) is 0 Å². The van der Waals surface area contributed by atoms with Gasteiger partial charge in [-0.15, -0.1) is 0 Å². The molecule has 3 rings (SSSR count). The maximum Gasteiger partial charge on any atom is 0.253 e. The number of hydrogen-bond donors (Lipinski definition) is 1. The topological polar surface area (TPSA) is 41.6 Å². The molecule has 1 aliphatic heterocycles. The molecule has 20 heavy (non-hydrogen) atoms. The van der Waals surface area contributed by atoms with Crippen LogP contribution in [0.15, 0.2) is 28.7 Å². The molecule has 0 radical (unpaired) electrons. The third-order valence-corrected chi connectivity index (χ3v) is 4.55. The average molecular weight is 339 g/mol. The summed E-state index contributed by atoms with van der Waals surface area (Å²) in [5.41, 5.74) is 1.15. The van der Waals surface area contributed by atoms with E-state index in [1.807, 2.05) is 23.1 Å². The van der Waals surface area contributed by atoms with E-state index in [1.165, 1.54) is 0 Å². The van der Waals surface area contributed by atoms with Gasteiger partial charge in [0, 0.05) is 30.1 Å². The lowest BCUT2D eigenvalue weighted by Gasteiger charge is -2.30. The highest BCUT2D eigenvalue weighted by atomic mass is 79.9. The normalized spacial score (nSPS) is 22.6. The summed E-state index contributed by atoms with van der Waals surface area (Å²) in [6.45, 7) is 2.73. The molecular weight excluding hydrogens is 320 g/mol. The first-order chi connectivity index (χ1) is 9.75. The fourth-order valence-corrected chi connectivity index (χ4v) is 2.90. The SMILES string of the molecule is O=C(C1CNCCO1)N(Cc1ccccc1Br)C1CC1. The van der Waals surface area contributed by atoms with Crippen LogP contribution in [0.1, 0.15) is 18.4 Å². The zero-order chi connectivity index (χ0) is 13.9. The zero-order valence-corrected chi connectivity index (χ0v) is 12.9. The summed E-state index contributed by atoms with van der Waals surface area (Å²) in [5, 5.41) is 3.22. The first-order valence-electron chi connectivity index (χ1n) is 7.12. The van der Waals surface area contributed by atoms with Gasteiger partial charge in [-0.2, -0.15) is 0 Å². The first-order valence-corrected chi connectivity index (χ1v) is 7.91. The highest BCUT2D eigenvalue weighted by Gasteiger charge is 2.36. The van der Waals surface area contributed by atoms with Crippen LogP contribution < -0.4 is 5.32 Å². The Labute approximate surface area is 127 Å². The predicted molar refractivity (Wildman–Crippen MR) is 80.3 cm³/mol. The minimum Gasteiger partial charge on any atom is -0.366 e. The summed E-state index contributed by atoms with van der Waals surface area (Å²) in [6, 6.07) is 8.47. The molecule has 1 aromatic rings. The maximum absolute atomic E-state index is 12.6. The molecule has 1 saturated carbocycles. The van der Waals surface area contributed by atoms with Gasteiger partial charge in [-0.05, 0) is 24.5 Å². The van der Waals surface area contributed by atoms with Gasteiger partial charge in [-0.1, -0.05) is 34.1 Å². The number of morpholine rings is 1. The molecular formula is C15H19BrN2O2. The predicted octanol–water partition coefficient (Wildman–Crippen LogP) is 1.93. The monoisotopic (exact) mass is 338 g/mol. The number of carbonyl (C=O) groups is 1. The number of ether oxygens (including phenoxy) is 1. The molecule has 0 bridgehead atoms. The Morgan fingerprint density at radius 1 is 1.40 bits per heavy atom. The second-order valence-corrected chi connectivity index (χ2v) is 6.21. The van der Waals surface area contributed by atoms with Crippen LogP contribution in [0.5, 0.6) is 0 Å². The number of halogens is 1. The highest BCUT2D eigenvalue weighted by molar-refractivity contribution is 9.10. The Kier molecular flexibility index (Phi) is 4.38. The van der Waals surface area contributed by atoms with Gasteiger partial charge in [0.25, 0.3) is 5.91 Å². The molecule has 1 unspecified atom stereocenters. The molecule has 0 spiro atoms. The van der Waals surface area contributed by atoms with Crippen molar-refractivity contribution < 1.29 is 9.53 Å². The van der Waals surface area contributed by atoms with E-state index in [4.69, 9.17) is 4.74 Å². The number of benzene rings is 1. The van der Waals surface area contributed by atoms with Crippen LogP contribution in [-0.2, 0) is 16.1 Å². The van der Waals surface area contributed by atoms with Crippen molar-refractivity contribution in [2.45, 2.75) is 31.5 Å². The van der Waals surface area contributed by atoms with Crippen LogP contribution in [0.4, 0.5) is 0 Å². The smallest absolute Gasteiger partial charge is 0.253 e. The molecule has 1 aromatic carbocycles. The Balaban J connectivity index is 1.72. The van der Waals surface area contributed by atoms with Crippen molar-refractivity contribution in [3.63, 3.8) is 0 Å². The van der Waals surface area contributed by atoms with Crippen LogP contribution in [0.25, 0.3) is 0 Å². The molecule has 108 valence electrons. The van der Waals surface area contributed by atoms with E-state index >= 15 is 0 Å². The van der Waals surface area contributed by atoms with Gasteiger partial charge in [-0.3, -0.25) is 4.79 Å². The number of amides is 1. The lowest BCUT2D eigenvalue weighted by molar-refractivity contribution is -0.146. The summed E-state index contributed by atoms with van der Waals surface area (Å²) >= 11 is 3.56. The lowest BCUT2D eigenvalue weighted by atomic mass is 10.2. The van der Waals surface area contributed by atoms with E-state index in [0.717, 1.165) is 29.4 Å². The summed E-state index contributed by atoms with van der Waals surface area (Å²) in [4.78, 5) is 14.6. The Morgan fingerprint density at radius 2 is 2.20 bits per heavy atom. The third-order valence-electron chi connectivity index (χ3n) is 3.77. The fourth-order valence-electron chi connectivity index (χ4n) is 2.49. The number of nitrogens with one attached hydrogen (secondary N) is 1. The molecule has 1 heterocycles. The molecule has 1 aliphatic carbocycles. The second-order valence-electron chi connectivity index (χ2n) is 5.35. The maximum atomic E-state index is 12.6. The Bertz CT molecular complexity index is 485. The van der Waals surface area contributed by atoms with E-state index in [-0.39, 0.29) is 12.0 Å². The minimum atomic E-state index is -0.327. The Hall–Kier alpha value is -0.910. The summed E-state index contributed by atoms with van der Waals surface area (Å²) in [5.74, 6) is 0.121. The lowest BCUT2D eigenvalue weighted by Crippen LogP contribution is -2.49. The molecule has 1 amide bonds. The standard InChI is InChI=1S/C15H19BrN2O2/c16-13-4-2-1-3-11(13)10-18(12-5-6-12)15(19)14-9-17-7-8-20-14/h1-4,12,14,17H,5-10H2. The van der Waals surface area contributed by atoms with E-state index < -0.39 is 0 Å². The van der Waals surface area contributed by atoms with Crippen LogP contribution in [-0.4, -0.2) is 42.6 Å². The first kappa shape index (κ1) is 14.0. The highest BCUT2D eigenvalue weighted by Crippen LogP contribution is 2.30.